The Labute approximate surface area is 185 Å². The van der Waals surface area contributed by atoms with Crippen LogP contribution in [0.15, 0.2) is 58.1 Å². The van der Waals surface area contributed by atoms with Gasteiger partial charge < -0.3 is 24.7 Å². The van der Waals surface area contributed by atoms with Gasteiger partial charge in [-0.2, -0.15) is 0 Å². The largest absolute Gasteiger partial charge is 0.469 e. The van der Waals surface area contributed by atoms with E-state index in [1.54, 1.807) is 13.4 Å². The van der Waals surface area contributed by atoms with Crippen molar-refractivity contribution < 1.29 is 9.15 Å². The monoisotopic (exact) mass is 500 g/mol. The summed E-state index contributed by atoms with van der Waals surface area (Å²) in [6, 6.07) is 14.2. The Bertz CT molecular complexity index is 635. The molecule has 0 aliphatic carbocycles. The first-order valence-corrected chi connectivity index (χ1v) is 9.54. The van der Waals surface area contributed by atoms with Crippen LogP contribution >= 0.6 is 24.0 Å². The molecule has 28 heavy (non-hydrogen) atoms. The molecule has 2 N–H and O–H groups in total. The molecule has 0 saturated heterocycles. The van der Waals surface area contributed by atoms with E-state index in [-0.39, 0.29) is 24.0 Å². The van der Waals surface area contributed by atoms with E-state index in [1.165, 1.54) is 5.56 Å². The maximum atomic E-state index is 5.39. The summed E-state index contributed by atoms with van der Waals surface area (Å²) < 4.78 is 10.5. The van der Waals surface area contributed by atoms with Crippen LogP contribution in [0.5, 0.6) is 0 Å². The number of ether oxygens (including phenoxy) is 1. The van der Waals surface area contributed by atoms with Crippen LogP contribution in [0.25, 0.3) is 0 Å². The van der Waals surface area contributed by atoms with Gasteiger partial charge in [-0.25, -0.2) is 4.99 Å². The predicted molar refractivity (Wildman–Crippen MR) is 125 cm³/mol. The van der Waals surface area contributed by atoms with Gasteiger partial charge in [0.2, 0.25) is 0 Å². The van der Waals surface area contributed by atoms with Crippen molar-refractivity contribution in [3.05, 3.63) is 60.1 Å². The van der Waals surface area contributed by atoms with Crippen LogP contribution < -0.4 is 10.6 Å². The lowest BCUT2D eigenvalue weighted by atomic mass is 10.2. The molecule has 1 heterocycles. The van der Waals surface area contributed by atoms with Gasteiger partial charge in [0.05, 0.1) is 12.8 Å². The van der Waals surface area contributed by atoms with Crippen LogP contribution in [0.4, 0.5) is 0 Å². The van der Waals surface area contributed by atoms with Crippen LogP contribution in [0.3, 0.4) is 0 Å². The van der Waals surface area contributed by atoms with E-state index in [1.807, 2.05) is 30.3 Å². The van der Waals surface area contributed by atoms with E-state index in [0.29, 0.717) is 6.54 Å². The van der Waals surface area contributed by atoms with Gasteiger partial charge in [0.15, 0.2) is 5.96 Å². The average molecular weight is 500 g/mol. The molecule has 0 unspecified atom stereocenters. The first-order chi connectivity index (χ1) is 13.3. The number of guanidine groups is 1. The molecule has 0 bridgehead atoms. The van der Waals surface area contributed by atoms with E-state index in [2.05, 4.69) is 34.7 Å². The highest BCUT2D eigenvalue weighted by Crippen LogP contribution is 2.01. The van der Waals surface area contributed by atoms with Gasteiger partial charge in [0.25, 0.3) is 0 Å². The second-order valence-corrected chi connectivity index (χ2v) is 6.48. The van der Waals surface area contributed by atoms with Crippen LogP contribution in [0.2, 0.25) is 0 Å². The highest BCUT2D eigenvalue weighted by Gasteiger charge is 2.03. The zero-order valence-corrected chi connectivity index (χ0v) is 19.2. The summed E-state index contributed by atoms with van der Waals surface area (Å²) >= 11 is 0. The Balaban J connectivity index is 0.00000392. The fourth-order valence-electron chi connectivity index (χ4n) is 2.64. The van der Waals surface area contributed by atoms with Crippen molar-refractivity contribution in [2.24, 2.45) is 4.99 Å². The Morgan fingerprint density at radius 2 is 1.86 bits per heavy atom. The maximum absolute atomic E-state index is 5.39. The number of rotatable bonds is 12. The molecule has 156 valence electrons. The number of nitrogens with one attached hydrogen (secondary N) is 2. The molecule has 2 rings (SSSR count). The van der Waals surface area contributed by atoms with E-state index in [4.69, 9.17) is 14.1 Å². The van der Waals surface area contributed by atoms with Crippen molar-refractivity contribution in [3.63, 3.8) is 0 Å². The van der Waals surface area contributed by atoms with E-state index < -0.39 is 0 Å². The number of benzene rings is 1. The molecule has 0 radical (unpaired) electrons. The van der Waals surface area contributed by atoms with Gasteiger partial charge >= 0.3 is 0 Å². The lowest BCUT2D eigenvalue weighted by Gasteiger charge is -2.18. The fraction of sp³-hybridized carbons (Fsp3) is 0.476. The molecule has 0 atom stereocenters. The van der Waals surface area contributed by atoms with Gasteiger partial charge in [0, 0.05) is 46.3 Å². The van der Waals surface area contributed by atoms with Gasteiger partial charge in [0.1, 0.15) is 5.76 Å². The molecule has 1 aromatic carbocycles. The van der Waals surface area contributed by atoms with Crippen LogP contribution in [0.1, 0.15) is 17.7 Å². The lowest BCUT2D eigenvalue weighted by Crippen LogP contribution is -2.42. The van der Waals surface area contributed by atoms with E-state index in [9.17, 15) is 0 Å². The van der Waals surface area contributed by atoms with Crippen molar-refractivity contribution in [1.82, 2.24) is 15.5 Å². The normalized spacial score (nSPS) is 11.3. The molecular weight excluding hydrogens is 467 g/mol. The second-order valence-electron chi connectivity index (χ2n) is 6.48. The van der Waals surface area contributed by atoms with Crippen molar-refractivity contribution in [3.8, 4) is 0 Å². The number of aliphatic imine (C=N–C) groups is 1. The number of methoxy groups -OCH3 is 1. The SMILES string of the molecule is COCCCN(C)CCNC(=NCc1ccccc1)NCCc1ccco1.I. The summed E-state index contributed by atoms with van der Waals surface area (Å²) in [5, 5.41) is 6.82. The number of nitrogens with zero attached hydrogens (tertiary/aromatic N) is 2. The summed E-state index contributed by atoms with van der Waals surface area (Å²) in [6.07, 6.45) is 3.58. The molecule has 0 amide bonds. The van der Waals surface area contributed by atoms with Crippen LogP contribution in [-0.4, -0.2) is 57.8 Å². The Morgan fingerprint density at radius 3 is 2.57 bits per heavy atom. The summed E-state index contributed by atoms with van der Waals surface area (Å²) in [4.78, 5) is 7.01. The topological polar surface area (TPSA) is 62.0 Å². The zero-order valence-electron chi connectivity index (χ0n) is 16.9. The van der Waals surface area contributed by atoms with Gasteiger partial charge in [-0.05, 0) is 31.2 Å². The average Bonchev–Trinajstić information content (AvgIpc) is 3.20. The minimum atomic E-state index is 0. The zero-order chi connectivity index (χ0) is 19.2. The fourth-order valence-corrected chi connectivity index (χ4v) is 2.64. The molecule has 1 aromatic heterocycles. The third-order valence-electron chi connectivity index (χ3n) is 4.18. The smallest absolute Gasteiger partial charge is 0.191 e. The summed E-state index contributed by atoms with van der Waals surface area (Å²) in [5.74, 6) is 1.80. The number of halogens is 1. The number of likely N-dealkylation sites (N-methyl/N-ethyl adjacent to an activating group) is 1. The van der Waals surface area contributed by atoms with Gasteiger partial charge in [-0.3, -0.25) is 0 Å². The van der Waals surface area contributed by atoms with Crippen molar-refractivity contribution in [2.45, 2.75) is 19.4 Å². The summed E-state index contributed by atoms with van der Waals surface area (Å²) in [5.41, 5.74) is 1.20. The first kappa shape index (κ1) is 24.5. The highest BCUT2D eigenvalue weighted by molar-refractivity contribution is 14.0. The van der Waals surface area contributed by atoms with E-state index in [0.717, 1.165) is 57.3 Å². The minimum absolute atomic E-state index is 0. The molecule has 2 aromatic rings. The minimum Gasteiger partial charge on any atom is -0.469 e. The first-order valence-electron chi connectivity index (χ1n) is 9.54. The second kappa shape index (κ2) is 15.4. The summed E-state index contributed by atoms with van der Waals surface area (Å²) in [6.45, 7) is 5.05. The van der Waals surface area contributed by atoms with Crippen LogP contribution in [0, 0.1) is 0 Å². The van der Waals surface area contributed by atoms with Crippen molar-refractivity contribution >= 4 is 29.9 Å². The Kier molecular flexibility index (Phi) is 13.4. The highest BCUT2D eigenvalue weighted by atomic mass is 127. The standard InChI is InChI=1S/C21H32N4O2.HI/c1-25(14-7-16-26-2)15-13-23-21(22-12-11-20-10-6-17-27-20)24-18-19-8-4-3-5-9-19;/h3-6,8-10,17H,7,11-16,18H2,1-2H3,(H2,22,23,24);1H. The van der Waals surface area contributed by atoms with Gasteiger partial charge in [-0.1, -0.05) is 30.3 Å². The predicted octanol–water partition coefficient (Wildman–Crippen LogP) is 3.14. The molecule has 6 nitrogen and oxygen atoms in total. The van der Waals surface area contributed by atoms with Crippen molar-refractivity contribution in [2.75, 3.05) is 46.9 Å². The lowest BCUT2D eigenvalue weighted by molar-refractivity contribution is 0.180. The Morgan fingerprint density at radius 1 is 1.07 bits per heavy atom. The summed E-state index contributed by atoms with van der Waals surface area (Å²) in [7, 11) is 3.87. The Hall–Kier alpha value is -1.58. The van der Waals surface area contributed by atoms with Gasteiger partial charge in [-0.15, -0.1) is 24.0 Å². The number of hydrogen-bond donors (Lipinski definition) is 2. The van der Waals surface area contributed by atoms with Crippen LogP contribution in [-0.2, 0) is 17.7 Å². The number of furan rings is 1. The molecule has 0 aliphatic rings. The molecular formula is C21H33IN4O2. The molecule has 0 fully saturated rings. The molecule has 0 aliphatic heterocycles. The molecule has 0 spiro atoms. The van der Waals surface area contributed by atoms with Crippen molar-refractivity contribution in [1.29, 1.82) is 0 Å². The molecule has 7 heteroatoms. The third-order valence-corrected chi connectivity index (χ3v) is 4.18. The molecule has 0 saturated carbocycles. The number of hydrogen-bond acceptors (Lipinski definition) is 4. The third kappa shape index (κ3) is 10.7. The quantitative estimate of drug-likeness (QED) is 0.203. The maximum Gasteiger partial charge on any atom is 0.191 e. The van der Waals surface area contributed by atoms with E-state index >= 15 is 0 Å².